The summed E-state index contributed by atoms with van der Waals surface area (Å²) in [6.07, 6.45) is 4.78. The fraction of sp³-hybridized carbons (Fsp3) is 0.615. The molecule has 1 fully saturated rings. The molecule has 2 aliphatic carbocycles. The molecule has 2 aliphatic rings. The topological polar surface area (TPSA) is 95.5 Å². The average Bonchev–Trinajstić information content (AvgIpc) is 2.98. The number of fused-ring (bicyclic) bond motifs is 2. The first-order valence-electron chi connectivity index (χ1n) is 6.44. The summed E-state index contributed by atoms with van der Waals surface area (Å²) >= 11 is 0. The van der Waals surface area contributed by atoms with Crippen molar-refractivity contribution in [3.63, 3.8) is 0 Å². The molecular weight excluding hydrogens is 248 g/mol. The second-order valence-electron chi connectivity index (χ2n) is 5.05. The van der Waals surface area contributed by atoms with E-state index in [0.29, 0.717) is 0 Å². The van der Waals surface area contributed by atoms with Crippen molar-refractivity contribution >= 4 is 17.8 Å². The summed E-state index contributed by atoms with van der Waals surface area (Å²) in [6.45, 7) is 0.239. The Hall–Kier alpha value is -1.85. The van der Waals surface area contributed by atoms with Crippen LogP contribution in [0.3, 0.4) is 0 Å². The van der Waals surface area contributed by atoms with Gasteiger partial charge in [-0.05, 0) is 18.3 Å². The zero-order valence-electron chi connectivity index (χ0n) is 10.8. The Kier molecular flexibility index (Phi) is 3.87. The molecule has 2 unspecified atom stereocenters. The van der Waals surface area contributed by atoms with E-state index in [0.717, 1.165) is 6.42 Å². The summed E-state index contributed by atoms with van der Waals surface area (Å²) in [7, 11) is 1.53. The van der Waals surface area contributed by atoms with Crippen LogP contribution in [0.15, 0.2) is 12.2 Å². The Morgan fingerprint density at radius 3 is 2.42 bits per heavy atom. The van der Waals surface area contributed by atoms with E-state index in [1.807, 2.05) is 12.2 Å². The highest BCUT2D eigenvalue weighted by Gasteiger charge is 2.51. The SMILES string of the molecule is CNC(=O)CCNC(=O)[C@H]1C2C=CC(C2)[C@H]1C(=O)O. The standard InChI is InChI=1S/C13H18N2O4/c1-14-9(16)4-5-15-12(17)10-7-2-3-8(6-7)11(10)13(18)19/h2-3,7-8,10-11H,4-6H2,1H3,(H,14,16)(H,15,17)(H,18,19)/t7?,8?,10-,11+/m0/s1. The van der Waals surface area contributed by atoms with Gasteiger partial charge in [0.2, 0.25) is 11.8 Å². The molecule has 1 saturated carbocycles. The van der Waals surface area contributed by atoms with Crippen molar-refractivity contribution in [2.75, 3.05) is 13.6 Å². The first-order chi connectivity index (χ1) is 9.04. The average molecular weight is 266 g/mol. The van der Waals surface area contributed by atoms with Gasteiger partial charge in [-0.2, -0.15) is 0 Å². The van der Waals surface area contributed by atoms with Gasteiger partial charge >= 0.3 is 5.97 Å². The van der Waals surface area contributed by atoms with Gasteiger partial charge in [0.25, 0.3) is 0 Å². The van der Waals surface area contributed by atoms with Gasteiger partial charge < -0.3 is 15.7 Å². The predicted octanol–water partition coefficient (Wildman–Crippen LogP) is -0.238. The number of rotatable bonds is 5. The third-order valence-electron chi connectivity index (χ3n) is 3.98. The zero-order valence-corrected chi connectivity index (χ0v) is 10.8. The van der Waals surface area contributed by atoms with Crippen molar-refractivity contribution in [1.82, 2.24) is 10.6 Å². The van der Waals surface area contributed by atoms with Crippen LogP contribution in [-0.4, -0.2) is 36.5 Å². The maximum absolute atomic E-state index is 12.1. The number of aliphatic carboxylic acids is 1. The molecule has 6 nitrogen and oxygen atoms in total. The van der Waals surface area contributed by atoms with Gasteiger partial charge in [-0.15, -0.1) is 0 Å². The lowest BCUT2D eigenvalue weighted by Gasteiger charge is -2.23. The largest absolute Gasteiger partial charge is 0.481 e. The molecule has 2 bridgehead atoms. The summed E-state index contributed by atoms with van der Waals surface area (Å²) in [5.41, 5.74) is 0. The lowest BCUT2D eigenvalue weighted by molar-refractivity contribution is -0.147. The predicted molar refractivity (Wildman–Crippen MR) is 67.0 cm³/mol. The maximum atomic E-state index is 12.1. The number of hydrogen-bond acceptors (Lipinski definition) is 3. The van der Waals surface area contributed by atoms with Crippen LogP contribution in [0, 0.1) is 23.7 Å². The molecule has 0 aliphatic heterocycles. The molecule has 0 saturated heterocycles. The molecule has 0 spiro atoms. The van der Waals surface area contributed by atoms with E-state index in [9.17, 15) is 19.5 Å². The van der Waals surface area contributed by atoms with Crippen molar-refractivity contribution in [3.05, 3.63) is 12.2 Å². The van der Waals surface area contributed by atoms with Crippen LogP contribution in [0.1, 0.15) is 12.8 Å². The first kappa shape index (κ1) is 13.6. The summed E-state index contributed by atoms with van der Waals surface area (Å²) in [5, 5.41) is 14.4. The van der Waals surface area contributed by atoms with Gasteiger partial charge in [-0.1, -0.05) is 12.2 Å². The number of nitrogens with one attached hydrogen (secondary N) is 2. The van der Waals surface area contributed by atoms with E-state index >= 15 is 0 Å². The second-order valence-corrected chi connectivity index (χ2v) is 5.05. The molecule has 0 aromatic heterocycles. The summed E-state index contributed by atoms with van der Waals surface area (Å²) in [5.74, 6) is -2.46. The summed E-state index contributed by atoms with van der Waals surface area (Å²) in [4.78, 5) is 34.4. The minimum Gasteiger partial charge on any atom is -0.481 e. The van der Waals surface area contributed by atoms with Crippen LogP contribution in [0.25, 0.3) is 0 Å². The molecule has 6 heteroatoms. The number of hydrogen-bond donors (Lipinski definition) is 3. The minimum absolute atomic E-state index is 0.0195. The number of allylic oxidation sites excluding steroid dienone is 2. The highest BCUT2D eigenvalue weighted by molar-refractivity contribution is 5.87. The zero-order chi connectivity index (χ0) is 14.0. The number of carboxylic acids is 1. The smallest absolute Gasteiger partial charge is 0.307 e. The Balaban J connectivity index is 1.93. The first-order valence-corrected chi connectivity index (χ1v) is 6.44. The van der Waals surface area contributed by atoms with E-state index in [-0.39, 0.29) is 36.6 Å². The van der Waals surface area contributed by atoms with Gasteiger partial charge in [0.05, 0.1) is 11.8 Å². The van der Waals surface area contributed by atoms with Crippen molar-refractivity contribution in [2.24, 2.45) is 23.7 Å². The Labute approximate surface area is 111 Å². The second kappa shape index (κ2) is 5.42. The third kappa shape index (κ3) is 2.62. The van der Waals surface area contributed by atoms with Crippen LogP contribution in [0.4, 0.5) is 0 Å². The van der Waals surface area contributed by atoms with E-state index in [1.165, 1.54) is 7.05 Å². The highest BCUT2D eigenvalue weighted by atomic mass is 16.4. The van der Waals surface area contributed by atoms with Crippen molar-refractivity contribution in [1.29, 1.82) is 0 Å². The van der Waals surface area contributed by atoms with E-state index < -0.39 is 17.8 Å². The highest BCUT2D eigenvalue weighted by Crippen LogP contribution is 2.48. The maximum Gasteiger partial charge on any atom is 0.307 e. The van der Waals surface area contributed by atoms with Gasteiger partial charge in [-0.3, -0.25) is 14.4 Å². The van der Waals surface area contributed by atoms with Crippen LogP contribution in [0.5, 0.6) is 0 Å². The number of amides is 2. The quantitative estimate of drug-likeness (QED) is 0.598. The molecule has 4 atom stereocenters. The van der Waals surface area contributed by atoms with Crippen LogP contribution >= 0.6 is 0 Å². The number of carbonyl (C=O) groups excluding carboxylic acids is 2. The lowest BCUT2D eigenvalue weighted by atomic mass is 9.82. The van der Waals surface area contributed by atoms with Gasteiger partial charge in [0.1, 0.15) is 0 Å². The van der Waals surface area contributed by atoms with E-state index in [1.54, 1.807) is 0 Å². The fourth-order valence-corrected chi connectivity index (χ4v) is 3.06. The van der Waals surface area contributed by atoms with Crippen LogP contribution in [0.2, 0.25) is 0 Å². The van der Waals surface area contributed by atoms with Crippen molar-refractivity contribution in [2.45, 2.75) is 12.8 Å². The molecular formula is C13H18N2O4. The molecule has 0 heterocycles. The Morgan fingerprint density at radius 2 is 1.84 bits per heavy atom. The molecule has 104 valence electrons. The lowest BCUT2D eigenvalue weighted by Crippen LogP contribution is -2.41. The molecule has 19 heavy (non-hydrogen) atoms. The van der Waals surface area contributed by atoms with Crippen LogP contribution in [-0.2, 0) is 14.4 Å². The van der Waals surface area contributed by atoms with Crippen molar-refractivity contribution < 1.29 is 19.5 Å². The molecule has 2 rings (SSSR count). The number of carbonyl (C=O) groups is 3. The molecule has 2 amide bonds. The summed E-state index contributed by atoms with van der Waals surface area (Å²) in [6, 6.07) is 0. The minimum atomic E-state index is -0.914. The van der Waals surface area contributed by atoms with Gasteiger partial charge in [-0.25, -0.2) is 0 Å². The normalized spacial score (nSPS) is 31.2. The van der Waals surface area contributed by atoms with Crippen LogP contribution < -0.4 is 10.6 Å². The molecule has 0 radical (unpaired) electrons. The molecule has 3 N–H and O–H groups in total. The van der Waals surface area contributed by atoms with Crippen molar-refractivity contribution in [3.8, 4) is 0 Å². The fourth-order valence-electron chi connectivity index (χ4n) is 3.06. The molecule has 0 aromatic carbocycles. The van der Waals surface area contributed by atoms with Gasteiger partial charge in [0, 0.05) is 20.0 Å². The molecule has 0 aromatic rings. The van der Waals surface area contributed by atoms with E-state index in [2.05, 4.69) is 10.6 Å². The Bertz CT molecular complexity index is 432. The third-order valence-corrected chi connectivity index (χ3v) is 3.98. The monoisotopic (exact) mass is 266 g/mol. The Morgan fingerprint density at radius 1 is 1.21 bits per heavy atom. The number of carboxylic acid groups (broad SMARTS) is 1. The summed E-state index contributed by atoms with van der Waals surface area (Å²) < 4.78 is 0. The van der Waals surface area contributed by atoms with E-state index in [4.69, 9.17) is 0 Å². The van der Waals surface area contributed by atoms with Gasteiger partial charge in [0.15, 0.2) is 0 Å².